The first-order valence-corrected chi connectivity index (χ1v) is 20.8. The van der Waals surface area contributed by atoms with Gasteiger partial charge in [-0.05, 0) is 121 Å². The molecule has 0 aliphatic carbocycles. The summed E-state index contributed by atoms with van der Waals surface area (Å²) in [4.78, 5) is 9.51. The lowest BCUT2D eigenvalue weighted by molar-refractivity contribution is 0.796. The molecule has 0 fully saturated rings. The van der Waals surface area contributed by atoms with Crippen molar-refractivity contribution in [2.24, 2.45) is 0 Å². The molecule has 4 heterocycles. The molecule has 0 bridgehead atoms. The molecule has 0 radical (unpaired) electrons. The Morgan fingerprint density at radius 3 is 1.22 bits per heavy atom. The summed E-state index contributed by atoms with van der Waals surface area (Å²) in [5.74, 6) is 0. The van der Waals surface area contributed by atoms with E-state index in [1.165, 1.54) is 80.4 Å². The zero-order chi connectivity index (χ0) is 39.0. The number of rotatable bonds is 11. The highest BCUT2D eigenvalue weighted by molar-refractivity contribution is 6.10. The summed E-state index contributed by atoms with van der Waals surface area (Å²) < 4.78 is 4.81. The summed E-state index contributed by atoms with van der Waals surface area (Å²) in [7, 11) is 0. The molecule has 4 nitrogen and oxygen atoms in total. The minimum absolute atomic E-state index is 1.03. The number of para-hydroxylation sites is 2. The molecule has 0 N–H and O–H groups in total. The van der Waals surface area contributed by atoms with E-state index in [1.54, 1.807) is 0 Å². The number of nitrogens with zero attached hydrogens (tertiary/aromatic N) is 4. The van der Waals surface area contributed by atoms with Crippen LogP contribution in [0.25, 0.3) is 88.4 Å². The van der Waals surface area contributed by atoms with Gasteiger partial charge in [-0.3, -0.25) is 9.97 Å². The molecular weight excluding hydrogens is 705 g/mol. The van der Waals surface area contributed by atoms with Gasteiger partial charge >= 0.3 is 0 Å². The van der Waals surface area contributed by atoms with E-state index >= 15 is 0 Å². The second-order valence-electron chi connectivity index (χ2n) is 15.6. The van der Waals surface area contributed by atoms with Gasteiger partial charge in [0.2, 0.25) is 0 Å². The van der Waals surface area contributed by atoms with E-state index in [9.17, 15) is 0 Å². The molecule has 282 valence electrons. The Kier molecular flexibility index (Phi) is 9.39. The fourth-order valence-corrected chi connectivity index (χ4v) is 8.83. The fourth-order valence-electron chi connectivity index (χ4n) is 8.83. The molecule has 10 rings (SSSR count). The van der Waals surface area contributed by atoms with E-state index in [0.29, 0.717) is 0 Å². The van der Waals surface area contributed by atoms with Gasteiger partial charge in [-0.15, -0.1) is 0 Å². The zero-order valence-electron chi connectivity index (χ0n) is 33.2. The highest BCUT2D eigenvalue weighted by Crippen LogP contribution is 2.37. The summed E-state index contributed by atoms with van der Waals surface area (Å²) in [5.41, 5.74) is 16.4. The predicted octanol–water partition coefficient (Wildman–Crippen LogP) is 14.4. The summed E-state index contributed by atoms with van der Waals surface area (Å²) in [5, 5.41) is 5.19. The van der Waals surface area contributed by atoms with Crippen LogP contribution in [0.1, 0.15) is 50.7 Å². The van der Waals surface area contributed by atoms with Crippen LogP contribution < -0.4 is 0 Å². The van der Waals surface area contributed by atoms with E-state index in [4.69, 9.17) is 9.97 Å². The number of hydrogen-bond donors (Lipinski definition) is 0. The van der Waals surface area contributed by atoms with Crippen LogP contribution in [0, 0.1) is 0 Å². The first-order valence-electron chi connectivity index (χ1n) is 20.8. The summed E-state index contributed by atoms with van der Waals surface area (Å²) in [6, 6.07) is 53.7. The van der Waals surface area contributed by atoms with Crippen molar-refractivity contribution in [2.75, 3.05) is 0 Å². The molecule has 4 heteroatoms. The zero-order valence-corrected chi connectivity index (χ0v) is 33.2. The van der Waals surface area contributed by atoms with Crippen LogP contribution in [-0.4, -0.2) is 19.1 Å². The van der Waals surface area contributed by atoms with Gasteiger partial charge in [0, 0.05) is 80.0 Å². The number of hydrogen-bond acceptors (Lipinski definition) is 2. The summed E-state index contributed by atoms with van der Waals surface area (Å²) >= 11 is 0. The van der Waals surface area contributed by atoms with Crippen molar-refractivity contribution in [3.8, 4) is 44.8 Å². The predicted molar refractivity (Wildman–Crippen MR) is 244 cm³/mol. The third kappa shape index (κ3) is 6.45. The molecule has 10 aromatic rings. The minimum atomic E-state index is 1.03. The van der Waals surface area contributed by atoms with E-state index in [2.05, 4.69) is 169 Å². The molecule has 0 atom stereocenters. The maximum atomic E-state index is 4.76. The molecule has 0 saturated carbocycles. The number of aromatic nitrogens is 4. The van der Waals surface area contributed by atoms with Gasteiger partial charge in [0.1, 0.15) is 0 Å². The van der Waals surface area contributed by atoms with Crippen molar-refractivity contribution < 1.29 is 0 Å². The molecule has 0 amide bonds. The van der Waals surface area contributed by atoms with Crippen molar-refractivity contribution in [2.45, 2.75) is 52.4 Å². The monoisotopic (exact) mass is 750 g/mol. The highest BCUT2D eigenvalue weighted by atomic mass is 15.0. The standard InChI is InChI=1S/C54H46N4/c1-3-5-13-37-23-25-53-49(27-37)47-19-7-9-21-51(47)57(53)45-17-11-15-39(31-45)41-29-43(35-55-33-41)44-30-42(34-56-36-44)40-16-12-18-46(32-40)58-52-22-10-8-20-48(52)50-28-38(14-6-4-2)24-26-54(50)58/h7-12,15-36H,3-6,13-14H2,1-2H3. The Hall–Kier alpha value is -6.78. The lowest BCUT2D eigenvalue weighted by Gasteiger charge is -2.12. The average Bonchev–Trinajstić information content (AvgIpc) is 3.80. The second-order valence-corrected chi connectivity index (χ2v) is 15.6. The van der Waals surface area contributed by atoms with Crippen molar-refractivity contribution in [3.63, 3.8) is 0 Å². The first kappa shape index (κ1) is 35.6. The van der Waals surface area contributed by atoms with Gasteiger partial charge in [-0.25, -0.2) is 0 Å². The third-order valence-electron chi connectivity index (χ3n) is 11.8. The van der Waals surface area contributed by atoms with Gasteiger partial charge in [0.05, 0.1) is 22.1 Å². The molecule has 58 heavy (non-hydrogen) atoms. The Balaban J connectivity index is 0.991. The van der Waals surface area contributed by atoms with Crippen LogP contribution >= 0.6 is 0 Å². The number of unbranched alkanes of at least 4 members (excludes halogenated alkanes) is 2. The lowest BCUT2D eigenvalue weighted by Crippen LogP contribution is -1.95. The fraction of sp³-hybridized carbons (Fsp3) is 0.148. The largest absolute Gasteiger partial charge is 0.309 e. The van der Waals surface area contributed by atoms with E-state index in [1.807, 2.05) is 24.8 Å². The Bertz CT molecular complexity index is 2900. The Labute approximate surface area is 340 Å². The second kappa shape index (κ2) is 15.3. The van der Waals surface area contributed by atoms with E-state index in [-0.39, 0.29) is 0 Å². The van der Waals surface area contributed by atoms with E-state index in [0.717, 1.165) is 57.6 Å². The molecule has 0 saturated heterocycles. The van der Waals surface area contributed by atoms with Crippen molar-refractivity contribution in [1.82, 2.24) is 19.1 Å². The molecule has 0 spiro atoms. The minimum Gasteiger partial charge on any atom is -0.309 e. The maximum absolute atomic E-state index is 4.76. The Morgan fingerprint density at radius 2 is 0.776 bits per heavy atom. The van der Waals surface area contributed by atoms with Gasteiger partial charge in [-0.2, -0.15) is 0 Å². The van der Waals surface area contributed by atoms with Gasteiger partial charge < -0.3 is 9.13 Å². The molecule has 6 aromatic carbocycles. The lowest BCUT2D eigenvalue weighted by atomic mass is 10.00. The average molecular weight is 751 g/mol. The number of fused-ring (bicyclic) bond motifs is 6. The number of aryl methyl sites for hydroxylation is 2. The van der Waals surface area contributed by atoms with Gasteiger partial charge in [0.15, 0.2) is 0 Å². The van der Waals surface area contributed by atoms with E-state index < -0.39 is 0 Å². The van der Waals surface area contributed by atoms with Crippen molar-refractivity contribution >= 4 is 43.6 Å². The van der Waals surface area contributed by atoms with Crippen LogP contribution in [0.2, 0.25) is 0 Å². The highest BCUT2D eigenvalue weighted by Gasteiger charge is 2.16. The normalized spacial score (nSPS) is 11.7. The SMILES string of the molecule is CCCCc1ccc2c(c1)c1ccccc1n2-c1cccc(-c2cncc(-c3cncc(-c4cccc(-n5c6ccccc6c6cc(CCCC)ccc65)c4)c3)c2)c1. The number of benzene rings is 6. The van der Waals surface area contributed by atoms with Crippen LogP contribution in [0.5, 0.6) is 0 Å². The molecule has 0 aliphatic heterocycles. The smallest absolute Gasteiger partial charge is 0.0541 e. The molecule has 4 aromatic heterocycles. The molecule has 0 unspecified atom stereocenters. The van der Waals surface area contributed by atoms with Gasteiger partial charge in [0.25, 0.3) is 0 Å². The summed E-state index contributed by atoms with van der Waals surface area (Å²) in [6.45, 7) is 4.51. The van der Waals surface area contributed by atoms with Crippen molar-refractivity contribution in [1.29, 1.82) is 0 Å². The maximum Gasteiger partial charge on any atom is 0.0541 e. The molecular formula is C54H46N4. The summed E-state index contributed by atoms with van der Waals surface area (Å²) in [6.07, 6.45) is 14.8. The number of pyridine rings is 2. The Morgan fingerprint density at radius 1 is 0.362 bits per heavy atom. The van der Waals surface area contributed by atoms with Crippen LogP contribution in [0.4, 0.5) is 0 Å². The van der Waals surface area contributed by atoms with Crippen molar-refractivity contribution in [3.05, 3.63) is 182 Å². The third-order valence-corrected chi connectivity index (χ3v) is 11.8. The quantitative estimate of drug-likeness (QED) is 0.132. The van der Waals surface area contributed by atoms with Crippen LogP contribution in [0.15, 0.2) is 170 Å². The topological polar surface area (TPSA) is 35.6 Å². The first-order chi connectivity index (χ1) is 28.7. The van der Waals surface area contributed by atoms with Gasteiger partial charge in [-0.1, -0.05) is 99.5 Å². The molecule has 0 aliphatic rings. The van der Waals surface area contributed by atoms with Crippen LogP contribution in [0.3, 0.4) is 0 Å². The van der Waals surface area contributed by atoms with Crippen LogP contribution in [-0.2, 0) is 12.8 Å².